The maximum atomic E-state index is 11.9. The van der Waals surface area contributed by atoms with Crippen molar-refractivity contribution >= 4 is 15.7 Å². The number of benzene rings is 1. The first-order valence-corrected chi connectivity index (χ1v) is 7.26. The lowest BCUT2D eigenvalue weighted by Crippen LogP contribution is -2.25. The molecule has 0 heterocycles. The van der Waals surface area contributed by atoms with Crippen molar-refractivity contribution in [3.8, 4) is 0 Å². The Morgan fingerprint density at radius 1 is 1.29 bits per heavy atom. The van der Waals surface area contributed by atoms with Crippen molar-refractivity contribution in [1.29, 1.82) is 0 Å². The number of nitrogens with two attached hydrogens (primary N) is 1. The van der Waals surface area contributed by atoms with Gasteiger partial charge in [-0.25, -0.2) is 13.1 Å². The summed E-state index contributed by atoms with van der Waals surface area (Å²) >= 11 is 0. The SMILES string of the molecule is CC(C)CCCNS(=O)(=O)c1ccccc1N. The van der Waals surface area contributed by atoms with Gasteiger partial charge in [-0.05, 0) is 30.9 Å². The lowest BCUT2D eigenvalue weighted by atomic mass is 10.1. The van der Waals surface area contributed by atoms with Gasteiger partial charge in [0.05, 0.1) is 5.69 Å². The fourth-order valence-corrected chi connectivity index (χ4v) is 2.72. The third-order valence-corrected chi connectivity index (χ3v) is 3.99. The van der Waals surface area contributed by atoms with Gasteiger partial charge in [0.15, 0.2) is 0 Å². The lowest BCUT2D eigenvalue weighted by molar-refractivity contribution is 0.540. The normalized spacial score (nSPS) is 11.9. The van der Waals surface area contributed by atoms with Gasteiger partial charge in [-0.2, -0.15) is 0 Å². The minimum absolute atomic E-state index is 0.157. The van der Waals surface area contributed by atoms with Crippen LogP contribution in [0.3, 0.4) is 0 Å². The molecule has 1 rings (SSSR count). The smallest absolute Gasteiger partial charge is 0.242 e. The van der Waals surface area contributed by atoms with Crippen LogP contribution >= 0.6 is 0 Å². The zero-order valence-electron chi connectivity index (χ0n) is 10.3. The fraction of sp³-hybridized carbons (Fsp3) is 0.500. The van der Waals surface area contributed by atoms with Gasteiger partial charge in [-0.15, -0.1) is 0 Å². The van der Waals surface area contributed by atoms with Gasteiger partial charge in [0.2, 0.25) is 10.0 Å². The summed E-state index contributed by atoms with van der Waals surface area (Å²) in [7, 11) is -3.46. The second-order valence-electron chi connectivity index (χ2n) is 4.47. The van der Waals surface area contributed by atoms with Gasteiger partial charge < -0.3 is 5.73 Å². The molecule has 0 radical (unpaired) electrons. The highest BCUT2D eigenvalue weighted by Gasteiger charge is 2.15. The van der Waals surface area contributed by atoms with Crippen LogP contribution in [0.5, 0.6) is 0 Å². The topological polar surface area (TPSA) is 72.2 Å². The van der Waals surface area contributed by atoms with Gasteiger partial charge in [0.25, 0.3) is 0 Å². The van der Waals surface area contributed by atoms with Crippen molar-refractivity contribution in [3.05, 3.63) is 24.3 Å². The molecule has 5 heteroatoms. The maximum Gasteiger partial charge on any atom is 0.242 e. The van der Waals surface area contributed by atoms with E-state index in [9.17, 15) is 8.42 Å². The van der Waals surface area contributed by atoms with Crippen molar-refractivity contribution < 1.29 is 8.42 Å². The van der Waals surface area contributed by atoms with E-state index in [0.717, 1.165) is 12.8 Å². The Bertz CT molecular complexity index is 455. The zero-order valence-corrected chi connectivity index (χ0v) is 11.1. The molecule has 0 aliphatic rings. The molecule has 4 nitrogen and oxygen atoms in total. The second-order valence-corrected chi connectivity index (χ2v) is 6.21. The molecule has 0 fully saturated rings. The summed E-state index contributed by atoms with van der Waals surface area (Å²) in [5.41, 5.74) is 5.92. The molecule has 1 aromatic rings. The van der Waals surface area contributed by atoms with Crippen molar-refractivity contribution in [3.63, 3.8) is 0 Å². The Morgan fingerprint density at radius 2 is 1.94 bits per heavy atom. The van der Waals surface area contributed by atoms with Gasteiger partial charge in [-0.3, -0.25) is 0 Å². The molecular weight excluding hydrogens is 236 g/mol. The number of rotatable bonds is 6. The molecular formula is C12H20N2O2S. The van der Waals surface area contributed by atoms with E-state index in [2.05, 4.69) is 18.6 Å². The van der Waals surface area contributed by atoms with Crippen molar-refractivity contribution in [2.45, 2.75) is 31.6 Å². The number of nitrogen functional groups attached to an aromatic ring is 1. The quantitative estimate of drug-likeness (QED) is 0.604. The molecule has 0 aliphatic heterocycles. The van der Waals surface area contributed by atoms with Crippen LogP contribution in [0.15, 0.2) is 29.2 Å². The molecule has 0 saturated carbocycles. The third kappa shape index (κ3) is 4.36. The maximum absolute atomic E-state index is 11.9. The van der Waals surface area contributed by atoms with E-state index in [1.165, 1.54) is 6.07 Å². The summed E-state index contributed by atoms with van der Waals surface area (Å²) < 4.78 is 26.4. The number of hydrogen-bond acceptors (Lipinski definition) is 3. The Morgan fingerprint density at radius 3 is 2.53 bits per heavy atom. The highest BCUT2D eigenvalue weighted by atomic mass is 32.2. The molecule has 1 aromatic carbocycles. The summed E-state index contributed by atoms with van der Waals surface area (Å²) in [6.45, 7) is 4.68. The molecule has 0 aliphatic carbocycles. The predicted octanol–water partition coefficient (Wildman–Crippen LogP) is 1.98. The number of sulfonamides is 1. The zero-order chi connectivity index (χ0) is 12.9. The standard InChI is InChI=1S/C12H20N2O2S/c1-10(2)6-5-9-14-17(15,16)12-8-4-3-7-11(12)13/h3-4,7-8,10,14H,5-6,9,13H2,1-2H3. The molecule has 3 N–H and O–H groups in total. The van der Waals surface area contributed by atoms with Crippen LogP contribution in [-0.4, -0.2) is 15.0 Å². The van der Waals surface area contributed by atoms with Crippen LogP contribution < -0.4 is 10.5 Å². The van der Waals surface area contributed by atoms with E-state index in [1.807, 2.05) is 0 Å². The van der Waals surface area contributed by atoms with Crippen molar-refractivity contribution in [2.75, 3.05) is 12.3 Å². The lowest BCUT2D eigenvalue weighted by Gasteiger charge is -2.09. The molecule has 17 heavy (non-hydrogen) atoms. The largest absolute Gasteiger partial charge is 0.398 e. The van der Waals surface area contributed by atoms with E-state index in [0.29, 0.717) is 12.5 Å². The van der Waals surface area contributed by atoms with E-state index >= 15 is 0 Å². The fourth-order valence-electron chi connectivity index (χ4n) is 1.52. The van der Waals surface area contributed by atoms with Crippen LogP contribution in [0.1, 0.15) is 26.7 Å². The monoisotopic (exact) mass is 256 g/mol. The summed E-state index contributed by atoms with van der Waals surface area (Å²) in [4.78, 5) is 0.157. The minimum atomic E-state index is -3.46. The highest BCUT2D eigenvalue weighted by molar-refractivity contribution is 7.89. The van der Waals surface area contributed by atoms with Crippen molar-refractivity contribution in [1.82, 2.24) is 4.72 Å². The third-order valence-electron chi connectivity index (χ3n) is 2.46. The first-order chi connectivity index (χ1) is 7.93. The van der Waals surface area contributed by atoms with E-state index in [4.69, 9.17) is 5.73 Å². The molecule has 0 spiro atoms. The molecule has 96 valence electrons. The van der Waals surface area contributed by atoms with Crippen LogP contribution in [0.2, 0.25) is 0 Å². The Balaban J connectivity index is 2.61. The number of anilines is 1. The summed E-state index contributed by atoms with van der Waals surface area (Å²) in [6.07, 6.45) is 1.84. The van der Waals surface area contributed by atoms with Gasteiger partial charge >= 0.3 is 0 Å². The summed E-state index contributed by atoms with van der Waals surface area (Å²) in [6, 6.07) is 6.48. The molecule has 0 amide bonds. The number of hydrogen-bond donors (Lipinski definition) is 2. The second kappa shape index (κ2) is 6.02. The Hall–Kier alpha value is -1.07. The number of nitrogens with one attached hydrogen (secondary N) is 1. The first-order valence-electron chi connectivity index (χ1n) is 5.77. The summed E-state index contributed by atoms with van der Waals surface area (Å²) in [5.74, 6) is 0.585. The molecule has 0 saturated heterocycles. The van der Waals surface area contributed by atoms with Gasteiger partial charge in [-0.1, -0.05) is 26.0 Å². The first kappa shape index (κ1) is 14.0. The van der Waals surface area contributed by atoms with E-state index in [-0.39, 0.29) is 10.6 Å². The van der Waals surface area contributed by atoms with Crippen LogP contribution in [0.4, 0.5) is 5.69 Å². The van der Waals surface area contributed by atoms with Crippen LogP contribution in [0.25, 0.3) is 0 Å². The molecule has 0 atom stereocenters. The summed E-state index contributed by atoms with van der Waals surface area (Å²) in [5, 5.41) is 0. The average molecular weight is 256 g/mol. The Labute approximate surface area is 103 Å². The minimum Gasteiger partial charge on any atom is -0.398 e. The number of para-hydroxylation sites is 1. The Kier molecular flexibility index (Phi) is 4.96. The van der Waals surface area contributed by atoms with Crippen LogP contribution in [-0.2, 0) is 10.0 Å². The van der Waals surface area contributed by atoms with Crippen molar-refractivity contribution in [2.24, 2.45) is 5.92 Å². The van der Waals surface area contributed by atoms with Crippen LogP contribution in [0, 0.1) is 5.92 Å². The van der Waals surface area contributed by atoms with Gasteiger partial charge in [0, 0.05) is 6.54 Å². The van der Waals surface area contributed by atoms with Gasteiger partial charge in [0.1, 0.15) is 4.90 Å². The molecule has 0 aromatic heterocycles. The molecule has 0 unspecified atom stereocenters. The average Bonchev–Trinajstić information content (AvgIpc) is 2.24. The predicted molar refractivity (Wildman–Crippen MR) is 70.1 cm³/mol. The highest BCUT2D eigenvalue weighted by Crippen LogP contribution is 2.16. The van der Waals surface area contributed by atoms with E-state index < -0.39 is 10.0 Å². The molecule has 0 bridgehead atoms. The van der Waals surface area contributed by atoms with E-state index in [1.54, 1.807) is 18.2 Å².